The van der Waals surface area contributed by atoms with Crippen LogP contribution in [0.2, 0.25) is 0 Å². The van der Waals surface area contributed by atoms with Gasteiger partial charge in [-0.15, -0.1) is 11.3 Å². The van der Waals surface area contributed by atoms with E-state index in [1.807, 2.05) is 30.3 Å². The summed E-state index contributed by atoms with van der Waals surface area (Å²) in [6.45, 7) is 0.487. The van der Waals surface area contributed by atoms with Crippen molar-refractivity contribution in [2.24, 2.45) is 0 Å². The molecule has 114 valence electrons. The second kappa shape index (κ2) is 6.27. The van der Waals surface area contributed by atoms with Gasteiger partial charge in [0, 0.05) is 18.3 Å². The van der Waals surface area contributed by atoms with E-state index in [4.69, 9.17) is 5.11 Å². The quantitative estimate of drug-likeness (QED) is 0.940. The first-order valence-corrected chi connectivity index (χ1v) is 8.05. The van der Waals surface area contributed by atoms with Crippen LogP contribution in [0.3, 0.4) is 0 Å². The van der Waals surface area contributed by atoms with Gasteiger partial charge in [0.2, 0.25) is 0 Å². The molecule has 0 unspecified atom stereocenters. The molecule has 3 rings (SSSR count). The number of aromatic nitrogens is 1. The monoisotopic (exact) mass is 316 g/mol. The molecule has 5 nitrogen and oxygen atoms in total. The van der Waals surface area contributed by atoms with Gasteiger partial charge in [-0.2, -0.15) is 0 Å². The fourth-order valence-corrected chi connectivity index (χ4v) is 3.48. The summed E-state index contributed by atoms with van der Waals surface area (Å²) in [4.78, 5) is 29.4. The maximum Gasteiger partial charge on any atom is 0.326 e. The third-order valence-electron chi connectivity index (χ3n) is 3.77. The average molecular weight is 316 g/mol. The van der Waals surface area contributed by atoms with Gasteiger partial charge >= 0.3 is 5.97 Å². The van der Waals surface area contributed by atoms with Crippen LogP contribution < -0.4 is 0 Å². The summed E-state index contributed by atoms with van der Waals surface area (Å²) in [6, 6.07) is 9.22. The Morgan fingerprint density at radius 1 is 1.32 bits per heavy atom. The number of nitrogens with zero attached hydrogens (tertiary/aromatic N) is 2. The van der Waals surface area contributed by atoms with Gasteiger partial charge in [-0.3, -0.25) is 4.79 Å². The molecule has 22 heavy (non-hydrogen) atoms. The lowest BCUT2D eigenvalue weighted by Crippen LogP contribution is -2.40. The SMILES string of the molecule is O=C(O)[C@@H]1CCCN1C(=O)c1csc(Cc2ccccc2)n1. The number of thiazole rings is 1. The second-order valence-corrected chi connectivity index (χ2v) is 6.23. The third-order valence-corrected chi connectivity index (χ3v) is 4.62. The van der Waals surface area contributed by atoms with Crippen molar-refractivity contribution in [3.8, 4) is 0 Å². The predicted octanol–water partition coefficient (Wildman–Crippen LogP) is 2.42. The zero-order chi connectivity index (χ0) is 15.5. The topological polar surface area (TPSA) is 70.5 Å². The van der Waals surface area contributed by atoms with Crippen molar-refractivity contribution < 1.29 is 14.7 Å². The Kier molecular flexibility index (Phi) is 4.20. The first kappa shape index (κ1) is 14.7. The molecule has 1 N–H and O–H groups in total. The van der Waals surface area contributed by atoms with Crippen LogP contribution >= 0.6 is 11.3 Å². The lowest BCUT2D eigenvalue weighted by molar-refractivity contribution is -0.141. The first-order chi connectivity index (χ1) is 10.6. The van der Waals surface area contributed by atoms with E-state index in [-0.39, 0.29) is 5.91 Å². The molecule has 1 aliphatic heterocycles. The number of carboxylic acid groups (broad SMARTS) is 1. The number of benzene rings is 1. The summed E-state index contributed by atoms with van der Waals surface area (Å²) in [5, 5.41) is 11.7. The normalized spacial score (nSPS) is 17.6. The third kappa shape index (κ3) is 3.01. The average Bonchev–Trinajstić information content (AvgIpc) is 3.16. The summed E-state index contributed by atoms with van der Waals surface area (Å²) in [6.07, 6.45) is 1.92. The summed E-state index contributed by atoms with van der Waals surface area (Å²) < 4.78 is 0. The molecule has 0 radical (unpaired) electrons. The molecule has 0 bridgehead atoms. The maximum absolute atomic E-state index is 12.4. The highest BCUT2D eigenvalue weighted by atomic mass is 32.1. The predicted molar refractivity (Wildman–Crippen MR) is 83.1 cm³/mol. The van der Waals surface area contributed by atoms with Gasteiger partial charge in [-0.05, 0) is 18.4 Å². The maximum atomic E-state index is 12.4. The first-order valence-electron chi connectivity index (χ1n) is 7.17. The molecular formula is C16H16N2O3S. The van der Waals surface area contributed by atoms with Gasteiger partial charge in [-0.1, -0.05) is 30.3 Å². The van der Waals surface area contributed by atoms with Crippen LogP contribution in [-0.4, -0.2) is 39.5 Å². The van der Waals surface area contributed by atoms with Gasteiger partial charge < -0.3 is 10.0 Å². The van der Waals surface area contributed by atoms with Crippen molar-refractivity contribution >= 4 is 23.2 Å². The molecule has 1 atom stereocenters. The number of hydrogen-bond acceptors (Lipinski definition) is 4. The van der Waals surface area contributed by atoms with E-state index in [0.717, 1.165) is 17.0 Å². The summed E-state index contributed by atoms with van der Waals surface area (Å²) in [7, 11) is 0. The Bertz CT molecular complexity index is 684. The number of aliphatic carboxylic acids is 1. The zero-order valence-corrected chi connectivity index (χ0v) is 12.8. The Labute approximate surface area is 132 Å². The smallest absolute Gasteiger partial charge is 0.326 e. The molecule has 1 fully saturated rings. The van der Waals surface area contributed by atoms with Crippen LogP contribution in [0.1, 0.15) is 33.9 Å². The lowest BCUT2D eigenvalue weighted by Gasteiger charge is -2.20. The molecule has 1 amide bonds. The van der Waals surface area contributed by atoms with Crippen molar-refractivity contribution in [2.75, 3.05) is 6.54 Å². The van der Waals surface area contributed by atoms with E-state index in [1.54, 1.807) is 5.38 Å². The van der Waals surface area contributed by atoms with Crippen molar-refractivity contribution in [1.82, 2.24) is 9.88 Å². The Hall–Kier alpha value is -2.21. The van der Waals surface area contributed by atoms with Crippen molar-refractivity contribution in [3.63, 3.8) is 0 Å². The second-order valence-electron chi connectivity index (χ2n) is 5.28. The number of carboxylic acids is 1. The fraction of sp³-hybridized carbons (Fsp3) is 0.312. The van der Waals surface area contributed by atoms with Crippen LogP contribution in [0.25, 0.3) is 0 Å². The number of likely N-dealkylation sites (tertiary alicyclic amines) is 1. The zero-order valence-electron chi connectivity index (χ0n) is 11.9. The van der Waals surface area contributed by atoms with E-state index in [0.29, 0.717) is 25.1 Å². The van der Waals surface area contributed by atoms with Gasteiger partial charge in [0.05, 0.1) is 5.01 Å². The molecular weight excluding hydrogens is 300 g/mol. The number of amides is 1. The summed E-state index contributed by atoms with van der Waals surface area (Å²) in [5.74, 6) is -1.22. The fourth-order valence-electron chi connectivity index (χ4n) is 2.67. The van der Waals surface area contributed by atoms with Crippen LogP contribution in [0.4, 0.5) is 0 Å². The molecule has 0 saturated carbocycles. The minimum Gasteiger partial charge on any atom is -0.480 e. The summed E-state index contributed by atoms with van der Waals surface area (Å²) in [5.41, 5.74) is 1.49. The molecule has 1 aromatic heterocycles. The van der Waals surface area contributed by atoms with Gasteiger partial charge in [0.15, 0.2) is 0 Å². The van der Waals surface area contributed by atoms with E-state index in [1.165, 1.54) is 16.2 Å². The van der Waals surface area contributed by atoms with E-state index >= 15 is 0 Å². The molecule has 2 aromatic rings. The Balaban J connectivity index is 1.73. The Morgan fingerprint density at radius 2 is 2.09 bits per heavy atom. The molecule has 2 heterocycles. The van der Waals surface area contributed by atoms with Crippen LogP contribution in [0.15, 0.2) is 35.7 Å². The molecule has 1 aromatic carbocycles. The highest BCUT2D eigenvalue weighted by Gasteiger charge is 2.35. The molecule has 1 aliphatic rings. The number of carbonyl (C=O) groups is 2. The number of carbonyl (C=O) groups excluding carboxylic acids is 1. The summed E-state index contributed by atoms with van der Waals surface area (Å²) >= 11 is 1.44. The highest BCUT2D eigenvalue weighted by molar-refractivity contribution is 7.09. The molecule has 0 aliphatic carbocycles. The van der Waals surface area contributed by atoms with E-state index in [2.05, 4.69) is 4.98 Å². The highest BCUT2D eigenvalue weighted by Crippen LogP contribution is 2.22. The minimum atomic E-state index is -0.939. The van der Waals surface area contributed by atoms with Crippen molar-refractivity contribution in [2.45, 2.75) is 25.3 Å². The largest absolute Gasteiger partial charge is 0.480 e. The van der Waals surface area contributed by atoms with Gasteiger partial charge in [0.25, 0.3) is 5.91 Å². The number of hydrogen-bond donors (Lipinski definition) is 1. The van der Waals surface area contributed by atoms with Crippen LogP contribution in [0.5, 0.6) is 0 Å². The minimum absolute atomic E-state index is 0.277. The molecule has 6 heteroatoms. The van der Waals surface area contributed by atoms with E-state index < -0.39 is 12.0 Å². The van der Waals surface area contributed by atoms with Gasteiger partial charge in [0.1, 0.15) is 11.7 Å². The van der Waals surface area contributed by atoms with Crippen LogP contribution in [-0.2, 0) is 11.2 Å². The van der Waals surface area contributed by atoms with Crippen LogP contribution in [0, 0.1) is 0 Å². The van der Waals surface area contributed by atoms with Crippen molar-refractivity contribution in [3.05, 3.63) is 52.0 Å². The lowest BCUT2D eigenvalue weighted by atomic mass is 10.2. The standard InChI is InChI=1S/C16H16N2O3S/c19-15(18-8-4-7-13(18)16(20)21)12-10-22-14(17-12)9-11-5-2-1-3-6-11/h1-3,5-6,10,13H,4,7-9H2,(H,20,21)/t13-/m0/s1. The van der Waals surface area contributed by atoms with Crippen molar-refractivity contribution in [1.29, 1.82) is 0 Å². The number of rotatable bonds is 4. The molecule has 0 spiro atoms. The molecule has 1 saturated heterocycles. The Morgan fingerprint density at radius 3 is 2.82 bits per heavy atom. The van der Waals surface area contributed by atoms with E-state index in [9.17, 15) is 9.59 Å². The van der Waals surface area contributed by atoms with Gasteiger partial charge in [-0.25, -0.2) is 9.78 Å².